The van der Waals surface area contributed by atoms with E-state index in [4.69, 9.17) is 4.74 Å². The highest BCUT2D eigenvalue weighted by Gasteiger charge is 2.34. The van der Waals surface area contributed by atoms with Crippen LogP contribution in [0.3, 0.4) is 0 Å². The summed E-state index contributed by atoms with van der Waals surface area (Å²) < 4.78 is 6.18. The van der Waals surface area contributed by atoms with Crippen molar-refractivity contribution in [3.63, 3.8) is 0 Å². The SMILES string of the molecule is CCCCC(C)C(=O)c1ccc(COC2CN3CCC2CC3)cc1. The number of hydrogen-bond donors (Lipinski definition) is 0. The number of Topliss-reactive ketones (excluding diaryl/α,β-unsaturated/α-hetero) is 1. The van der Waals surface area contributed by atoms with Gasteiger partial charge in [-0.2, -0.15) is 0 Å². The van der Waals surface area contributed by atoms with Crippen LogP contribution in [-0.4, -0.2) is 36.4 Å². The Morgan fingerprint density at radius 2 is 1.96 bits per heavy atom. The van der Waals surface area contributed by atoms with Gasteiger partial charge in [0.1, 0.15) is 0 Å². The Hall–Kier alpha value is -1.19. The minimum absolute atomic E-state index is 0.124. The number of fused-ring (bicyclic) bond motifs is 3. The first-order valence-corrected chi connectivity index (χ1v) is 9.64. The molecule has 0 aromatic heterocycles. The third-order valence-electron chi connectivity index (χ3n) is 5.74. The van der Waals surface area contributed by atoms with E-state index in [1.807, 2.05) is 19.1 Å². The van der Waals surface area contributed by atoms with Crippen LogP contribution in [0.25, 0.3) is 0 Å². The molecule has 2 unspecified atom stereocenters. The molecule has 132 valence electrons. The molecule has 0 radical (unpaired) electrons. The molecule has 3 aliphatic heterocycles. The average molecular weight is 329 g/mol. The number of benzene rings is 1. The van der Waals surface area contributed by atoms with E-state index in [-0.39, 0.29) is 11.7 Å². The van der Waals surface area contributed by atoms with Gasteiger partial charge in [0.05, 0.1) is 12.7 Å². The van der Waals surface area contributed by atoms with Crippen LogP contribution in [0.5, 0.6) is 0 Å². The molecule has 0 amide bonds. The highest BCUT2D eigenvalue weighted by atomic mass is 16.5. The maximum Gasteiger partial charge on any atom is 0.165 e. The zero-order valence-corrected chi connectivity index (χ0v) is 15.2. The maximum atomic E-state index is 12.4. The molecule has 0 spiro atoms. The smallest absolute Gasteiger partial charge is 0.165 e. The fourth-order valence-electron chi connectivity index (χ4n) is 3.99. The summed E-state index contributed by atoms with van der Waals surface area (Å²) in [6, 6.07) is 8.06. The molecule has 24 heavy (non-hydrogen) atoms. The quantitative estimate of drug-likeness (QED) is 0.666. The zero-order chi connectivity index (χ0) is 16.9. The predicted molar refractivity (Wildman–Crippen MR) is 97.2 cm³/mol. The van der Waals surface area contributed by atoms with Gasteiger partial charge in [0.25, 0.3) is 0 Å². The number of hydrogen-bond acceptors (Lipinski definition) is 3. The lowest BCUT2D eigenvalue weighted by Crippen LogP contribution is -2.51. The maximum absolute atomic E-state index is 12.4. The van der Waals surface area contributed by atoms with E-state index < -0.39 is 0 Å². The molecule has 0 N–H and O–H groups in total. The van der Waals surface area contributed by atoms with Gasteiger partial charge in [-0.25, -0.2) is 0 Å². The van der Waals surface area contributed by atoms with Gasteiger partial charge in [-0.1, -0.05) is 51.0 Å². The van der Waals surface area contributed by atoms with Crippen LogP contribution in [0.1, 0.15) is 61.9 Å². The molecule has 3 heterocycles. The average Bonchev–Trinajstić information content (AvgIpc) is 2.65. The monoisotopic (exact) mass is 329 g/mol. The second-order valence-electron chi connectivity index (χ2n) is 7.59. The molecule has 0 saturated carbocycles. The third kappa shape index (κ3) is 4.25. The molecular weight excluding hydrogens is 298 g/mol. The Balaban J connectivity index is 1.50. The van der Waals surface area contributed by atoms with E-state index in [1.54, 1.807) is 0 Å². The van der Waals surface area contributed by atoms with Crippen LogP contribution >= 0.6 is 0 Å². The highest BCUT2D eigenvalue weighted by molar-refractivity contribution is 5.97. The summed E-state index contributed by atoms with van der Waals surface area (Å²) in [7, 11) is 0. The molecule has 3 nitrogen and oxygen atoms in total. The van der Waals surface area contributed by atoms with Crippen LogP contribution in [0.15, 0.2) is 24.3 Å². The van der Waals surface area contributed by atoms with Gasteiger partial charge in [-0.05, 0) is 43.8 Å². The first-order valence-electron chi connectivity index (χ1n) is 9.64. The molecule has 1 aromatic rings. The van der Waals surface area contributed by atoms with Crippen molar-refractivity contribution in [3.8, 4) is 0 Å². The molecule has 2 atom stereocenters. The summed E-state index contributed by atoms with van der Waals surface area (Å²) in [5.74, 6) is 1.14. The summed E-state index contributed by atoms with van der Waals surface area (Å²) in [6.07, 6.45) is 6.22. The van der Waals surface area contributed by atoms with Gasteiger partial charge in [0, 0.05) is 18.0 Å². The van der Waals surface area contributed by atoms with Crippen molar-refractivity contribution >= 4 is 5.78 Å². The second kappa shape index (κ2) is 8.26. The summed E-state index contributed by atoms with van der Waals surface area (Å²) in [5, 5.41) is 0. The van der Waals surface area contributed by atoms with Crippen LogP contribution in [0, 0.1) is 11.8 Å². The minimum atomic E-state index is 0.124. The number of nitrogens with zero attached hydrogens (tertiary/aromatic N) is 1. The topological polar surface area (TPSA) is 29.5 Å². The van der Waals surface area contributed by atoms with Crippen LogP contribution < -0.4 is 0 Å². The standard InChI is InChI=1S/C21H31NO2/c1-3-4-5-16(2)21(23)19-8-6-17(7-9-19)15-24-20-14-22-12-10-18(20)11-13-22/h6-9,16,18,20H,3-5,10-15H2,1-2H3. The van der Waals surface area contributed by atoms with Gasteiger partial charge in [0.15, 0.2) is 5.78 Å². The molecule has 0 aliphatic carbocycles. The molecule has 3 aliphatic rings. The van der Waals surface area contributed by atoms with Crippen molar-refractivity contribution in [1.29, 1.82) is 0 Å². The van der Waals surface area contributed by atoms with E-state index in [9.17, 15) is 4.79 Å². The zero-order valence-electron chi connectivity index (χ0n) is 15.2. The van der Waals surface area contributed by atoms with Crippen LogP contribution in [0.4, 0.5) is 0 Å². The molecule has 4 rings (SSSR count). The van der Waals surface area contributed by atoms with Gasteiger partial charge in [-0.3, -0.25) is 4.79 Å². The Kier molecular flexibility index (Phi) is 6.07. The Labute approximate surface area is 146 Å². The lowest BCUT2D eigenvalue weighted by Gasteiger charge is -2.44. The van der Waals surface area contributed by atoms with Gasteiger partial charge in [0.2, 0.25) is 0 Å². The minimum Gasteiger partial charge on any atom is -0.372 e. The largest absolute Gasteiger partial charge is 0.372 e. The van der Waals surface area contributed by atoms with E-state index in [1.165, 1.54) is 31.5 Å². The van der Waals surface area contributed by atoms with E-state index in [2.05, 4.69) is 24.0 Å². The normalized spacial score (nSPS) is 27.2. The number of carbonyl (C=O) groups excluding carboxylic acids is 1. The Morgan fingerprint density at radius 3 is 2.54 bits per heavy atom. The summed E-state index contributed by atoms with van der Waals surface area (Å²) >= 11 is 0. The summed E-state index contributed by atoms with van der Waals surface area (Å²) in [4.78, 5) is 14.9. The van der Waals surface area contributed by atoms with Crippen molar-refractivity contribution in [1.82, 2.24) is 4.90 Å². The number of piperidine rings is 3. The van der Waals surface area contributed by atoms with Crippen molar-refractivity contribution in [3.05, 3.63) is 35.4 Å². The highest BCUT2D eigenvalue weighted by Crippen LogP contribution is 2.30. The number of unbranched alkanes of at least 4 members (excludes halogenated alkanes) is 1. The number of ketones is 1. The molecule has 3 saturated heterocycles. The van der Waals surface area contributed by atoms with E-state index >= 15 is 0 Å². The van der Waals surface area contributed by atoms with Crippen molar-refractivity contribution in [2.75, 3.05) is 19.6 Å². The van der Waals surface area contributed by atoms with Crippen LogP contribution in [-0.2, 0) is 11.3 Å². The molecule has 1 aromatic carbocycles. The first kappa shape index (κ1) is 17.6. The van der Waals surface area contributed by atoms with Crippen LogP contribution in [0.2, 0.25) is 0 Å². The molecule has 3 fully saturated rings. The second-order valence-corrected chi connectivity index (χ2v) is 7.59. The fourth-order valence-corrected chi connectivity index (χ4v) is 3.99. The van der Waals surface area contributed by atoms with E-state index in [0.29, 0.717) is 12.7 Å². The molecule has 2 bridgehead atoms. The molecular formula is C21H31NO2. The predicted octanol–water partition coefficient (Wildman–Crippen LogP) is 4.31. The summed E-state index contributed by atoms with van der Waals surface area (Å²) in [6.45, 7) is 8.46. The fraction of sp³-hybridized carbons (Fsp3) is 0.667. The van der Waals surface area contributed by atoms with Crippen molar-refractivity contribution in [2.24, 2.45) is 11.8 Å². The first-order chi connectivity index (χ1) is 11.7. The number of rotatable bonds is 8. The summed E-state index contributed by atoms with van der Waals surface area (Å²) in [5.41, 5.74) is 2.01. The number of carbonyl (C=O) groups is 1. The van der Waals surface area contributed by atoms with Crippen molar-refractivity contribution in [2.45, 2.75) is 58.7 Å². The lowest BCUT2D eigenvalue weighted by molar-refractivity contribution is -0.0765. The number of ether oxygens (including phenoxy) is 1. The van der Waals surface area contributed by atoms with Gasteiger partial charge < -0.3 is 9.64 Å². The third-order valence-corrected chi connectivity index (χ3v) is 5.74. The lowest BCUT2D eigenvalue weighted by atomic mass is 9.86. The van der Waals surface area contributed by atoms with Crippen molar-refractivity contribution < 1.29 is 9.53 Å². The molecule has 3 heteroatoms. The Morgan fingerprint density at radius 1 is 1.25 bits per heavy atom. The van der Waals surface area contributed by atoms with Gasteiger partial charge in [-0.15, -0.1) is 0 Å². The van der Waals surface area contributed by atoms with E-state index in [0.717, 1.165) is 37.3 Å². The Bertz CT molecular complexity index is 531. The van der Waals surface area contributed by atoms with Gasteiger partial charge >= 0.3 is 0 Å².